The van der Waals surface area contributed by atoms with Crippen LogP contribution in [0.4, 0.5) is 18.9 Å². The van der Waals surface area contributed by atoms with Gasteiger partial charge in [0.1, 0.15) is 0 Å². The maximum atomic E-state index is 13.6. The largest absolute Gasteiger partial charge is 0.309 e. The van der Waals surface area contributed by atoms with E-state index < -0.39 is 49.8 Å². The van der Waals surface area contributed by atoms with Crippen LogP contribution in [-0.4, -0.2) is 26.6 Å². The number of carbonyl (C=O) groups is 1. The predicted molar refractivity (Wildman–Crippen MR) is 66.4 cm³/mol. The summed E-state index contributed by atoms with van der Waals surface area (Å²) in [5, 5.41) is 0. The standard InChI is InChI=1S/C11H9ClF3NO3S/c12-20(18,19)5-6-3-9(17)16(4-6)8-2-1-7(13)10(14)11(8)15/h1-2,6H,3-5H2. The van der Waals surface area contributed by atoms with Gasteiger partial charge in [-0.1, -0.05) is 0 Å². The monoisotopic (exact) mass is 327 g/mol. The number of benzene rings is 1. The fourth-order valence-corrected chi connectivity index (χ4v) is 3.45. The van der Waals surface area contributed by atoms with Crippen molar-refractivity contribution in [3.05, 3.63) is 29.6 Å². The van der Waals surface area contributed by atoms with E-state index in [1.165, 1.54) is 0 Å². The first kappa shape index (κ1) is 15.1. The van der Waals surface area contributed by atoms with E-state index in [2.05, 4.69) is 0 Å². The van der Waals surface area contributed by atoms with Crippen molar-refractivity contribution in [2.75, 3.05) is 17.2 Å². The molecular weight excluding hydrogens is 319 g/mol. The summed E-state index contributed by atoms with van der Waals surface area (Å²) in [6, 6.07) is 1.63. The van der Waals surface area contributed by atoms with Gasteiger partial charge in [0.05, 0.1) is 11.4 Å². The molecule has 1 saturated heterocycles. The molecule has 0 spiro atoms. The molecule has 9 heteroatoms. The molecule has 2 rings (SSSR count). The zero-order valence-corrected chi connectivity index (χ0v) is 11.5. The summed E-state index contributed by atoms with van der Waals surface area (Å²) in [6.45, 7) is -0.118. The Morgan fingerprint density at radius 2 is 1.90 bits per heavy atom. The molecule has 0 saturated carbocycles. The quantitative estimate of drug-likeness (QED) is 0.630. The Balaban J connectivity index is 2.27. The van der Waals surface area contributed by atoms with Gasteiger partial charge < -0.3 is 4.90 Å². The number of hydrogen-bond acceptors (Lipinski definition) is 3. The van der Waals surface area contributed by atoms with Crippen LogP contribution in [0.2, 0.25) is 0 Å². The molecule has 1 heterocycles. The fraction of sp³-hybridized carbons (Fsp3) is 0.364. The highest BCUT2D eigenvalue weighted by Crippen LogP contribution is 2.30. The second-order valence-corrected chi connectivity index (χ2v) is 7.30. The highest BCUT2D eigenvalue weighted by Gasteiger charge is 2.35. The maximum Gasteiger partial charge on any atom is 0.232 e. The first-order valence-electron chi connectivity index (χ1n) is 5.55. The van der Waals surface area contributed by atoms with Crippen molar-refractivity contribution in [1.82, 2.24) is 0 Å². The molecule has 1 amide bonds. The van der Waals surface area contributed by atoms with Crippen molar-refractivity contribution in [2.45, 2.75) is 6.42 Å². The molecule has 0 radical (unpaired) electrons. The van der Waals surface area contributed by atoms with Gasteiger partial charge in [-0.25, -0.2) is 21.6 Å². The molecule has 1 unspecified atom stereocenters. The van der Waals surface area contributed by atoms with E-state index in [1.54, 1.807) is 0 Å². The molecule has 1 aromatic carbocycles. The number of nitrogens with zero attached hydrogens (tertiary/aromatic N) is 1. The molecule has 110 valence electrons. The van der Waals surface area contributed by atoms with E-state index in [0.717, 1.165) is 11.0 Å². The van der Waals surface area contributed by atoms with Gasteiger partial charge in [0.25, 0.3) is 0 Å². The summed E-state index contributed by atoms with van der Waals surface area (Å²) in [5.41, 5.74) is -0.414. The van der Waals surface area contributed by atoms with Crippen LogP contribution in [0, 0.1) is 23.4 Å². The number of amides is 1. The minimum absolute atomic E-state index is 0.118. The Kier molecular flexibility index (Phi) is 3.97. The van der Waals surface area contributed by atoms with Gasteiger partial charge in [0.2, 0.25) is 15.0 Å². The van der Waals surface area contributed by atoms with Crippen LogP contribution in [0.25, 0.3) is 0 Å². The van der Waals surface area contributed by atoms with Gasteiger partial charge in [-0.2, -0.15) is 0 Å². The van der Waals surface area contributed by atoms with Gasteiger partial charge >= 0.3 is 0 Å². The zero-order valence-electron chi connectivity index (χ0n) is 9.95. The third-order valence-corrected chi connectivity index (χ3v) is 4.19. The third kappa shape index (κ3) is 3.06. The Labute approximate surface area is 117 Å². The lowest BCUT2D eigenvalue weighted by Gasteiger charge is -2.17. The molecular formula is C11H9ClF3NO3S. The van der Waals surface area contributed by atoms with E-state index in [9.17, 15) is 26.4 Å². The molecule has 20 heavy (non-hydrogen) atoms. The SMILES string of the molecule is O=C1CC(CS(=O)(=O)Cl)CN1c1ccc(F)c(F)c1F. The number of carbonyl (C=O) groups excluding carboxylic acids is 1. The molecule has 1 aromatic rings. The van der Waals surface area contributed by atoms with E-state index in [0.29, 0.717) is 6.07 Å². The number of hydrogen-bond donors (Lipinski definition) is 0. The lowest BCUT2D eigenvalue weighted by Crippen LogP contribution is -2.26. The molecule has 0 bridgehead atoms. The highest BCUT2D eigenvalue weighted by molar-refractivity contribution is 8.13. The van der Waals surface area contributed by atoms with E-state index in [1.807, 2.05) is 0 Å². The Morgan fingerprint density at radius 1 is 1.25 bits per heavy atom. The summed E-state index contributed by atoms with van der Waals surface area (Å²) in [7, 11) is 1.29. The summed E-state index contributed by atoms with van der Waals surface area (Å²) >= 11 is 0. The minimum Gasteiger partial charge on any atom is -0.309 e. The normalized spacial score (nSPS) is 19.7. The summed E-state index contributed by atoms with van der Waals surface area (Å²) in [6.07, 6.45) is -0.148. The number of rotatable bonds is 3. The predicted octanol–water partition coefficient (Wildman–Crippen LogP) is 2.03. The zero-order chi connectivity index (χ0) is 15.1. The average molecular weight is 328 g/mol. The Bertz CT molecular complexity index is 665. The number of halogens is 4. The smallest absolute Gasteiger partial charge is 0.232 e. The van der Waals surface area contributed by atoms with Crippen LogP contribution < -0.4 is 4.90 Å². The lowest BCUT2D eigenvalue weighted by molar-refractivity contribution is -0.117. The lowest BCUT2D eigenvalue weighted by atomic mass is 10.1. The second kappa shape index (κ2) is 5.25. The fourth-order valence-electron chi connectivity index (χ4n) is 2.13. The van der Waals surface area contributed by atoms with Gasteiger partial charge in [-0.05, 0) is 12.1 Å². The molecule has 1 aliphatic heterocycles. The first-order valence-corrected chi connectivity index (χ1v) is 8.03. The summed E-state index contributed by atoms with van der Waals surface area (Å²) in [5.74, 6) is -6.14. The molecule has 4 nitrogen and oxygen atoms in total. The average Bonchev–Trinajstić information content (AvgIpc) is 2.65. The van der Waals surface area contributed by atoms with Gasteiger partial charge in [0, 0.05) is 29.6 Å². The summed E-state index contributed by atoms with van der Waals surface area (Å²) in [4.78, 5) is 12.6. The Hall–Kier alpha value is -1.28. The van der Waals surface area contributed by atoms with Gasteiger partial charge in [0.15, 0.2) is 17.5 Å². The molecule has 0 aromatic heterocycles. The van der Waals surface area contributed by atoms with Crippen molar-refractivity contribution in [1.29, 1.82) is 0 Å². The van der Waals surface area contributed by atoms with Crippen LogP contribution in [0.15, 0.2) is 12.1 Å². The molecule has 1 atom stereocenters. The van der Waals surface area contributed by atoms with Crippen LogP contribution in [0.3, 0.4) is 0 Å². The highest BCUT2D eigenvalue weighted by atomic mass is 35.7. The van der Waals surface area contributed by atoms with Gasteiger partial charge in [-0.3, -0.25) is 4.79 Å². The molecule has 1 fully saturated rings. The topological polar surface area (TPSA) is 54.5 Å². The second-order valence-electron chi connectivity index (χ2n) is 4.47. The molecule has 1 aliphatic rings. The van der Waals surface area contributed by atoms with Crippen LogP contribution >= 0.6 is 10.7 Å². The van der Waals surface area contributed by atoms with Crippen molar-refractivity contribution >= 4 is 31.3 Å². The Morgan fingerprint density at radius 3 is 2.50 bits per heavy atom. The molecule has 0 N–H and O–H groups in total. The van der Waals surface area contributed by atoms with Crippen LogP contribution in [0.5, 0.6) is 0 Å². The van der Waals surface area contributed by atoms with Crippen molar-refractivity contribution in [3.63, 3.8) is 0 Å². The van der Waals surface area contributed by atoms with Crippen LogP contribution in [-0.2, 0) is 13.8 Å². The van der Waals surface area contributed by atoms with Crippen molar-refractivity contribution in [2.24, 2.45) is 5.92 Å². The first-order chi connectivity index (χ1) is 9.19. The maximum absolute atomic E-state index is 13.6. The third-order valence-electron chi connectivity index (χ3n) is 2.95. The van der Waals surface area contributed by atoms with E-state index in [-0.39, 0.29) is 13.0 Å². The van der Waals surface area contributed by atoms with E-state index >= 15 is 0 Å². The van der Waals surface area contributed by atoms with Crippen molar-refractivity contribution in [3.8, 4) is 0 Å². The summed E-state index contributed by atoms with van der Waals surface area (Å²) < 4.78 is 61.5. The van der Waals surface area contributed by atoms with Gasteiger partial charge in [-0.15, -0.1) is 0 Å². The molecule has 0 aliphatic carbocycles. The van der Waals surface area contributed by atoms with Crippen molar-refractivity contribution < 1.29 is 26.4 Å². The van der Waals surface area contributed by atoms with E-state index in [4.69, 9.17) is 10.7 Å². The number of anilines is 1. The minimum atomic E-state index is -3.80. The van der Waals surface area contributed by atoms with Crippen LogP contribution in [0.1, 0.15) is 6.42 Å².